The summed E-state index contributed by atoms with van der Waals surface area (Å²) in [4.78, 5) is 4.50. The molecular formula is C15H17NO2. The predicted octanol–water partition coefficient (Wildman–Crippen LogP) is 2.42. The molecule has 1 aliphatic carbocycles. The summed E-state index contributed by atoms with van der Waals surface area (Å²) in [6.07, 6.45) is 2.69. The van der Waals surface area contributed by atoms with Crippen LogP contribution in [0.3, 0.4) is 0 Å². The van der Waals surface area contributed by atoms with Gasteiger partial charge in [0.25, 0.3) is 0 Å². The zero-order valence-corrected chi connectivity index (χ0v) is 10.5. The topological polar surface area (TPSA) is 46.3 Å². The van der Waals surface area contributed by atoms with Crippen LogP contribution < -0.4 is 0 Å². The maximum absolute atomic E-state index is 9.61. The van der Waals surface area contributed by atoms with E-state index in [9.17, 15) is 5.11 Å². The Balaban J connectivity index is 1.82. The zero-order chi connectivity index (χ0) is 12.5. The summed E-state index contributed by atoms with van der Waals surface area (Å²) >= 11 is 0. The van der Waals surface area contributed by atoms with Crippen LogP contribution >= 0.6 is 0 Å². The Morgan fingerprint density at radius 2 is 2.33 bits per heavy atom. The molecule has 1 atom stereocenters. The molecule has 3 nitrogen and oxygen atoms in total. The number of fused-ring (bicyclic) bond motifs is 1. The van der Waals surface area contributed by atoms with Gasteiger partial charge in [0, 0.05) is 19.3 Å². The number of rotatable bonds is 2. The molecule has 18 heavy (non-hydrogen) atoms. The van der Waals surface area contributed by atoms with Gasteiger partial charge in [-0.25, -0.2) is 4.98 Å². The Morgan fingerprint density at radius 1 is 1.44 bits per heavy atom. The molecule has 0 spiro atoms. The first-order chi connectivity index (χ1) is 8.70. The third kappa shape index (κ3) is 2.31. The molecule has 0 aliphatic heterocycles. The fourth-order valence-electron chi connectivity index (χ4n) is 2.49. The van der Waals surface area contributed by atoms with E-state index in [1.807, 2.05) is 0 Å². The summed E-state index contributed by atoms with van der Waals surface area (Å²) in [5.41, 5.74) is 3.41. The number of hydrogen-bond donors (Lipinski definition) is 1. The maximum Gasteiger partial charge on any atom is 0.199 e. The average Bonchev–Trinajstić information content (AvgIpc) is 2.70. The van der Waals surface area contributed by atoms with Gasteiger partial charge in [-0.1, -0.05) is 29.8 Å². The summed E-state index contributed by atoms with van der Waals surface area (Å²) < 4.78 is 5.78. The first-order valence-corrected chi connectivity index (χ1v) is 6.42. The number of aromatic nitrogens is 1. The van der Waals surface area contributed by atoms with Crippen molar-refractivity contribution in [3.8, 4) is 0 Å². The lowest BCUT2D eigenvalue weighted by molar-refractivity contribution is 0.153. The van der Waals surface area contributed by atoms with Gasteiger partial charge in [0.05, 0.1) is 11.8 Å². The van der Waals surface area contributed by atoms with Gasteiger partial charge in [-0.05, 0) is 18.9 Å². The van der Waals surface area contributed by atoms with Crippen molar-refractivity contribution >= 4 is 0 Å². The Morgan fingerprint density at radius 3 is 3.17 bits per heavy atom. The Hall–Kier alpha value is -1.61. The number of nitrogens with zero attached hydrogens (tertiary/aromatic N) is 1. The van der Waals surface area contributed by atoms with Gasteiger partial charge in [-0.15, -0.1) is 0 Å². The fourth-order valence-corrected chi connectivity index (χ4v) is 2.49. The van der Waals surface area contributed by atoms with Crippen molar-refractivity contribution in [2.45, 2.75) is 38.7 Å². The Bertz CT molecular complexity index is 559. The van der Waals surface area contributed by atoms with Crippen molar-refractivity contribution < 1.29 is 9.52 Å². The van der Waals surface area contributed by atoms with Gasteiger partial charge in [0.1, 0.15) is 5.76 Å². The molecule has 0 bridgehead atoms. The van der Waals surface area contributed by atoms with Crippen molar-refractivity contribution in [3.63, 3.8) is 0 Å². The normalized spacial score (nSPS) is 18.7. The maximum atomic E-state index is 9.61. The van der Waals surface area contributed by atoms with E-state index in [-0.39, 0.29) is 6.10 Å². The van der Waals surface area contributed by atoms with E-state index in [2.05, 4.69) is 36.2 Å². The minimum absolute atomic E-state index is 0.255. The minimum atomic E-state index is -0.255. The van der Waals surface area contributed by atoms with Crippen molar-refractivity contribution in [1.29, 1.82) is 0 Å². The van der Waals surface area contributed by atoms with Crippen LogP contribution in [-0.2, 0) is 19.3 Å². The van der Waals surface area contributed by atoms with Crippen LogP contribution in [0, 0.1) is 6.92 Å². The Kier molecular flexibility index (Phi) is 2.92. The van der Waals surface area contributed by atoms with E-state index in [0.29, 0.717) is 6.42 Å². The van der Waals surface area contributed by atoms with Crippen molar-refractivity contribution in [2.75, 3.05) is 0 Å². The predicted molar refractivity (Wildman–Crippen MR) is 68.5 cm³/mol. The largest absolute Gasteiger partial charge is 0.445 e. The number of aliphatic hydroxyl groups is 1. The summed E-state index contributed by atoms with van der Waals surface area (Å²) in [6.45, 7) is 2.08. The van der Waals surface area contributed by atoms with E-state index in [0.717, 1.165) is 36.6 Å². The molecule has 0 radical (unpaired) electrons. The zero-order valence-electron chi connectivity index (χ0n) is 10.5. The molecule has 1 aromatic carbocycles. The average molecular weight is 243 g/mol. The van der Waals surface area contributed by atoms with Gasteiger partial charge >= 0.3 is 0 Å². The smallest absolute Gasteiger partial charge is 0.199 e. The van der Waals surface area contributed by atoms with E-state index in [1.54, 1.807) is 0 Å². The molecule has 0 fully saturated rings. The van der Waals surface area contributed by atoms with Gasteiger partial charge in [-0.2, -0.15) is 0 Å². The van der Waals surface area contributed by atoms with Crippen LogP contribution in [0.4, 0.5) is 0 Å². The fraction of sp³-hybridized carbons (Fsp3) is 0.400. The monoisotopic (exact) mass is 243 g/mol. The number of hydrogen-bond acceptors (Lipinski definition) is 3. The standard InChI is InChI=1S/C15H17NO2/c1-10-3-2-4-11(7-10)8-15-16-13-9-12(17)5-6-14(13)18-15/h2-4,7,12,17H,5-6,8-9H2,1H3. The lowest BCUT2D eigenvalue weighted by Crippen LogP contribution is -2.17. The second kappa shape index (κ2) is 4.58. The van der Waals surface area contributed by atoms with Crippen LogP contribution in [0.2, 0.25) is 0 Å². The van der Waals surface area contributed by atoms with Crippen molar-refractivity contribution in [3.05, 3.63) is 52.7 Å². The van der Waals surface area contributed by atoms with Crippen LogP contribution in [-0.4, -0.2) is 16.2 Å². The van der Waals surface area contributed by atoms with Crippen LogP contribution in [0.5, 0.6) is 0 Å². The molecule has 0 saturated heterocycles. The third-order valence-electron chi connectivity index (χ3n) is 3.39. The summed E-state index contributed by atoms with van der Waals surface area (Å²) in [6, 6.07) is 8.38. The van der Waals surface area contributed by atoms with Crippen molar-refractivity contribution in [1.82, 2.24) is 4.98 Å². The molecule has 1 heterocycles. The van der Waals surface area contributed by atoms with E-state index in [1.165, 1.54) is 11.1 Å². The second-order valence-corrected chi connectivity index (χ2v) is 5.04. The summed E-state index contributed by atoms with van der Waals surface area (Å²) in [7, 11) is 0. The first kappa shape index (κ1) is 11.5. The number of benzene rings is 1. The molecule has 0 amide bonds. The highest BCUT2D eigenvalue weighted by molar-refractivity contribution is 5.25. The highest BCUT2D eigenvalue weighted by Crippen LogP contribution is 2.23. The van der Waals surface area contributed by atoms with Crippen LogP contribution in [0.25, 0.3) is 0 Å². The first-order valence-electron chi connectivity index (χ1n) is 6.42. The third-order valence-corrected chi connectivity index (χ3v) is 3.39. The quantitative estimate of drug-likeness (QED) is 0.881. The Labute approximate surface area is 106 Å². The molecule has 0 saturated carbocycles. The minimum Gasteiger partial charge on any atom is -0.445 e. The van der Waals surface area contributed by atoms with Gasteiger partial charge in [0.15, 0.2) is 5.89 Å². The molecule has 1 aromatic heterocycles. The number of aryl methyl sites for hydroxylation is 2. The lowest BCUT2D eigenvalue weighted by atomic mass is 9.99. The highest BCUT2D eigenvalue weighted by atomic mass is 16.4. The molecule has 1 N–H and O–H groups in total. The van der Waals surface area contributed by atoms with Gasteiger partial charge in [0.2, 0.25) is 0 Å². The lowest BCUT2D eigenvalue weighted by Gasteiger charge is -2.13. The molecule has 3 rings (SSSR count). The molecule has 3 heteroatoms. The number of oxazole rings is 1. The van der Waals surface area contributed by atoms with E-state index in [4.69, 9.17) is 4.42 Å². The molecule has 2 aromatic rings. The number of aliphatic hydroxyl groups excluding tert-OH is 1. The van der Waals surface area contributed by atoms with Crippen LogP contribution in [0.15, 0.2) is 28.7 Å². The SMILES string of the molecule is Cc1cccc(Cc2nc3c(o2)CCC(O)C3)c1. The van der Waals surface area contributed by atoms with Crippen LogP contribution in [0.1, 0.15) is 34.9 Å². The summed E-state index contributed by atoms with van der Waals surface area (Å²) in [5, 5.41) is 9.61. The molecule has 1 aliphatic rings. The van der Waals surface area contributed by atoms with Gasteiger partial charge < -0.3 is 9.52 Å². The van der Waals surface area contributed by atoms with E-state index >= 15 is 0 Å². The van der Waals surface area contributed by atoms with E-state index < -0.39 is 0 Å². The van der Waals surface area contributed by atoms with Gasteiger partial charge in [-0.3, -0.25) is 0 Å². The highest BCUT2D eigenvalue weighted by Gasteiger charge is 2.22. The summed E-state index contributed by atoms with van der Waals surface area (Å²) in [5.74, 6) is 1.72. The van der Waals surface area contributed by atoms with Crippen molar-refractivity contribution in [2.24, 2.45) is 0 Å². The second-order valence-electron chi connectivity index (χ2n) is 5.04. The molecular weight excluding hydrogens is 226 g/mol. The molecule has 94 valence electrons. The molecule has 1 unspecified atom stereocenters.